The van der Waals surface area contributed by atoms with E-state index >= 15 is 0 Å². The molecule has 7 nitrogen and oxygen atoms in total. The number of thiophene rings is 1. The maximum absolute atomic E-state index is 13.8. The van der Waals surface area contributed by atoms with E-state index in [1.807, 2.05) is 0 Å². The molecule has 0 spiro atoms. The molecule has 0 aliphatic heterocycles. The van der Waals surface area contributed by atoms with E-state index in [-0.39, 0.29) is 16.5 Å². The Morgan fingerprint density at radius 3 is 2.58 bits per heavy atom. The van der Waals surface area contributed by atoms with Crippen LogP contribution in [0, 0.1) is 5.82 Å². The molecule has 0 saturated carbocycles. The van der Waals surface area contributed by atoms with Gasteiger partial charge in [0.15, 0.2) is 0 Å². The highest BCUT2D eigenvalue weighted by molar-refractivity contribution is 7.94. The lowest BCUT2D eigenvalue weighted by Crippen LogP contribution is -2.32. The van der Waals surface area contributed by atoms with Crippen LogP contribution in [-0.2, 0) is 28.3 Å². The first kappa shape index (κ1) is 22.7. The van der Waals surface area contributed by atoms with Gasteiger partial charge in [-0.25, -0.2) is 17.8 Å². The number of nitrogens with one attached hydrogen (secondary N) is 2. The topological polar surface area (TPSA) is 93.1 Å². The van der Waals surface area contributed by atoms with Crippen LogP contribution in [0.1, 0.15) is 23.0 Å². The fourth-order valence-electron chi connectivity index (χ4n) is 3.35. The smallest absolute Gasteiger partial charge is 0.271 e. The number of sulfonamides is 1. The minimum atomic E-state index is -3.64. The van der Waals surface area contributed by atoms with E-state index in [1.54, 1.807) is 71.9 Å². The first-order valence-electron chi connectivity index (χ1n) is 9.99. The Balaban J connectivity index is 1.46. The molecule has 4 rings (SSSR count). The van der Waals surface area contributed by atoms with Crippen LogP contribution in [0.4, 0.5) is 10.1 Å². The summed E-state index contributed by atoms with van der Waals surface area (Å²) < 4.78 is 43.0. The van der Waals surface area contributed by atoms with E-state index in [1.165, 1.54) is 18.2 Å². The first-order chi connectivity index (χ1) is 15.8. The van der Waals surface area contributed by atoms with Gasteiger partial charge in [0.25, 0.3) is 10.0 Å². The Hall–Kier alpha value is -3.50. The number of anilines is 1. The van der Waals surface area contributed by atoms with Gasteiger partial charge >= 0.3 is 0 Å². The highest BCUT2D eigenvalue weighted by Crippen LogP contribution is 2.23. The number of aromatic nitrogens is 2. The number of rotatable bonds is 8. The largest absolute Gasteiger partial charge is 0.342 e. The molecule has 1 atom stereocenters. The van der Waals surface area contributed by atoms with E-state index in [0.717, 1.165) is 11.3 Å². The summed E-state index contributed by atoms with van der Waals surface area (Å²) in [6, 6.07) is 15.2. The summed E-state index contributed by atoms with van der Waals surface area (Å²) in [4.78, 5) is 17.1. The molecule has 170 valence electrons. The van der Waals surface area contributed by atoms with Gasteiger partial charge < -0.3 is 9.88 Å². The van der Waals surface area contributed by atoms with E-state index in [0.29, 0.717) is 22.6 Å². The second kappa shape index (κ2) is 9.55. The van der Waals surface area contributed by atoms with Crippen LogP contribution in [0.25, 0.3) is 0 Å². The summed E-state index contributed by atoms with van der Waals surface area (Å²) in [5, 5.41) is 4.62. The maximum Gasteiger partial charge on any atom is 0.271 e. The number of amides is 1. The Labute approximate surface area is 195 Å². The molecule has 0 saturated heterocycles. The van der Waals surface area contributed by atoms with Crippen molar-refractivity contribution in [3.8, 4) is 0 Å². The summed E-state index contributed by atoms with van der Waals surface area (Å²) in [5.41, 5.74) is 1.68. The van der Waals surface area contributed by atoms with Gasteiger partial charge in [0.1, 0.15) is 21.9 Å². The zero-order valence-corrected chi connectivity index (χ0v) is 19.2. The molecule has 33 heavy (non-hydrogen) atoms. The Kier molecular flexibility index (Phi) is 6.57. The highest BCUT2D eigenvalue weighted by Gasteiger charge is 2.21. The molecule has 0 radical (unpaired) electrons. The molecule has 0 aliphatic rings. The molecule has 0 fully saturated rings. The van der Waals surface area contributed by atoms with Crippen molar-refractivity contribution in [1.29, 1.82) is 0 Å². The SMILES string of the molecule is Cn1ccnc1C(NC(=O)Cc1ccc(NS(=O)(=O)c2cccs2)cc1)c1cccc(F)c1. The third-order valence-corrected chi connectivity index (χ3v) is 7.71. The predicted molar refractivity (Wildman–Crippen MR) is 125 cm³/mol. The first-order valence-corrected chi connectivity index (χ1v) is 12.4. The molecule has 0 bridgehead atoms. The molecule has 0 aliphatic carbocycles. The summed E-state index contributed by atoms with van der Waals surface area (Å²) in [6.45, 7) is 0. The third-order valence-electron chi connectivity index (χ3n) is 4.93. The third kappa shape index (κ3) is 5.47. The number of halogens is 1. The fourth-order valence-corrected chi connectivity index (χ4v) is 5.40. The van der Waals surface area contributed by atoms with E-state index < -0.39 is 21.9 Å². The molecule has 2 N–H and O–H groups in total. The molecule has 4 aromatic rings. The minimum Gasteiger partial charge on any atom is -0.342 e. The number of hydrogen-bond acceptors (Lipinski definition) is 5. The number of benzene rings is 2. The van der Waals surface area contributed by atoms with E-state index in [4.69, 9.17) is 0 Å². The molecule has 2 heterocycles. The normalized spacial score (nSPS) is 12.3. The van der Waals surface area contributed by atoms with Crippen LogP contribution in [0.5, 0.6) is 0 Å². The van der Waals surface area contributed by atoms with Crippen molar-refractivity contribution in [2.75, 3.05) is 4.72 Å². The van der Waals surface area contributed by atoms with Crippen molar-refractivity contribution in [3.05, 3.63) is 101 Å². The van der Waals surface area contributed by atoms with Crippen molar-refractivity contribution in [3.63, 3.8) is 0 Å². The molecule has 1 unspecified atom stereocenters. The van der Waals surface area contributed by atoms with Crippen LogP contribution in [0.15, 0.2) is 82.6 Å². The average Bonchev–Trinajstić information content (AvgIpc) is 3.46. The molecule has 2 aromatic carbocycles. The van der Waals surface area contributed by atoms with Gasteiger partial charge in [-0.2, -0.15) is 0 Å². The van der Waals surface area contributed by atoms with E-state index in [9.17, 15) is 17.6 Å². The van der Waals surface area contributed by atoms with Gasteiger partial charge in [-0.15, -0.1) is 11.3 Å². The second-order valence-corrected chi connectivity index (χ2v) is 10.2. The predicted octanol–water partition coefficient (Wildman–Crippen LogP) is 3.87. The molecular weight excluding hydrogens is 463 g/mol. The van der Waals surface area contributed by atoms with Crippen molar-refractivity contribution in [2.45, 2.75) is 16.7 Å². The van der Waals surface area contributed by atoms with Crippen molar-refractivity contribution in [1.82, 2.24) is 14.9 Å². The fraction of sp³-hybridized carbons (Fsp3) is 0.130. The zero-order chi connectivity index (χ0) is 23.4. The van der Waals surface area contributed by atoms with Gasteiger partial charge in [0.2, 0.25) is 5.91 Å². The van der Waals surface area contributed by atoms with E-state index in [2.05, 4.69) is 15.0 Å². The lowest BCUT2D eigenvalue weighted by atomic mass is 10.0. The molecule has 1 amide bonds. The van der Waals surface area contributed by atoms with Crippen LogP contribution in [-0.4, -0.2) is 23.9 Å². The number of carbonyl (C=O) groups is 1. The minimum absolute atomic E-state index is 0.0637. The number of aryl methyl sites for hydroxylation is 1. The van der Waals surface area contributed by atoms with Gasteiger partial charge in [-0.05, 0) is 46.8 Å². The highest BCUT2D eigenvalue weighted by atomic mass is 32.2. The van der Waals surface area contributed by atoms with Crippen LogP contribution < -0.4 is 10.0 Å². The number of carbonyl (C=O) groups excluding carboxylic acids is 1. The maximum atomic E-state index is 13.8. The summed E-state index contributed by atoms with van der Waals surface area (Å²) in [5.74, 6) is -0.104. The molecule has 10 heteroatoms. The second-order valence-electron chi connectivity index (χ2n) is 7.36. The number of nitrogens with zero attached hydrogens (tertiary/aromatic N) is 2. The molecular formula is C23H21FN4O3S2. The number of hydrogen-bond donors (Lipinski definition) is 2. The summed E-state index contributed by atoms with van der Waals surface area (Å²) in [7, 11) is -1.83. The lowest BCUT2D eigenvalue weighted by Gasteiger charge is -2.19. The lowest BCUT2D eigenvalue weighted by molar-refractivity contribution is -0.121. The monoisotopic (exact) mass is 484 g/mol. The van der Waals surface area contributed by atoms with Crippen LogP contribution >= 0.6 is 11.3 Å². The van der Waals surface area contributed by atoms with Crippen LogP contribution in [0.2, 0.25) is 0 Å². The Morgan fingerprint density at radius 2 is 1.94 bits per heavy atom. The van der Waals surface area contributed by atoms with Crippen molar-refractivity contribution < 1.29 is 17.6 Å². The number of imidazole rings is 1. The molecule has 2 aromatic heterocycles. The Bertz CT molecular complexity index is 1350. The van der Waals surface area contributed by atoms with Gasteiger partial charge in [-0.1, -0.05) is 30.3 Å². The quantitative estimate of drug-likeness (QED) is 0.397. The van der Waals surface area contributed by atoms with Gasteiger partial charge in [0.05, 0.1) is 6.42 Å². The van der Waals surface area contributed by atoms with Crippen molar-refractivity contribution >= 4 is 33.0 Å². The zero-order valence-electron chi connectivity index (χ0n) is 17.6. The summed E-state index contributed by atoms with van der Waals surface area (Å²) >= 11 is 1.13. The van der Waals surface area contributed by atoms with Crippen molar-refractivity contribution in [2.24, 2.45) is 7.05 Å². The average molecular weight is 485 g/mol. The van der Waals surface area contributed by atoms with Gasteiger partial charge in [-0.3, -0.25) is 9.52 Å². The standard InChI is InChI=1S/C23H21FN4O3S2/c1-28-12-11-25-23(28)22(17-4-2-5-18(24)15-17)26-20(29)14-16-7-9-19(10-8-16)27-33(30,31)21-6-3-13-32-21/h2-13,15,22,27H,14H2,1H3,(H,26,29). The Morgan fingerprint density at radius 1 is 1.15 bits per heavy atom. The summed E-state index contributed by atoms with van der Waals surface area (Å²) in [6.07, 6.45) is 3.43. The van der Waals surface area contributed by atoms with Crippen LogP contribution in [0.3, 0.4) is 0 Å². The van der Waals surface area contributed by atoms with Gasteiger partial charge in [0, 0.05) is 25.1 Å².